The van der Waals surface area contributed by atoms with Gasteiger partial charge in [-0.1, -0.05) is 44.8 Å². The first-order chi connectivity index (χ1) is 9.59. The lowest BCUT2D eigenvalue weighted by Gasteiger charge is -2.04. The fraction of sp³-hybridized carbons (Fsp3) is 0.800. The van der Waals surface area contributed by atoms with Crippen molar-refractivity contribution in [1.29, 1.82) is 0 Å². The number of aliphatic carboxylic acids is 1. The van der Waals surface area contributed by atoms with Crippen molar-refractivity contribution in [2.75, 3.05) is 0 Å². The number of carboxylic acid groups (broad SMARTS) is 1. The quantitative estimate of drug-likeness (QED) is 0.238. The van der Waals surface area contributed by atoms with Gasteiger partial charge in [-0.05, 0) is 32.1 Å². The molecule has 0 spiro atoms. The highest BCUT2D eigenvalue weighted by atomic mass is 16.6. The maximum atomic E-state index is 10.6. The minimum absolute atomic E-state index is 0.134. The van der Waals surface area contributed by atoms with Crippen LogP contribution >= 0.6 is 0 Å². The fourth-order valence-corrected chi connectivity index (χ4v) is 2.02. The van der Waals surface area contributed by atoms with Gasteiger partial charge in [0.15, 0.2) is 0 Å². The summed E-state index contributed by atoms with van der Waals surface area (Å²) in [5.41, 5.74) is 0. The summed E-state index contributed by atoms with van der Waals surface area (Å²) in [5.74, 6) is -1.33. The molecular formula is C15H27NO4. The van der Waals surface area contributed by atoms with Gasteiger partial charge < -0.3 is 5.11 Å². The van der Waals surface area contributed by atoms with Gasteiger partial charge in [-0.3, -0.25) is 10.1 Å². The third-order valence-corrected chi connectivity index (χ3v) is 3.28. The molecule has 0 radical (unpaired) electrons. The van der Waals surface area contributed by atoms with Crippen LogP contribution in [0.3, 0.4) is 0 Å². The predicted molar refractivity (Wildman–Crippen MR) is 79.4 cm³/mol. The number of carbonyl (C=O) groups is 1. The molecule has 1 unspecified atom stereocenters. The molecule has 1 atom stereocenters. The van der Waals surface area contributed by atoms with Crippen LogP contribution in [0.15, 0.2) is 12.2 Å². The molecule has 0 bridgehead atoms. The molecule has 0 saturated heterocycles. The van der Waals surface area contributed by atoms with Crippen LogP contribution in [0.4, 0.5) is 0 Å². The molecule has 0 aliphatic carbocycles. The molecule has 5 heteroatoms. The number of rotatable bonds is 13. The second-order valence-corrected chi connectivity index (χ2v) is 5.10. The number of unbranched alkanes of at least 4 members (excludes halogenated alkanes) is 7. The molecule has 5 nitrogen and oxygen atoms in total. The molecule has 116 valence electrons. The minimum Gasteiger partial charge on any atom is -0.476 e. The standard InChI is InChI=1S/C15H27NO4/c1-2-3-4-5-6-7-8-9-10-11-12-13-14(15(17)18)16(19)20/h6-7,14H,2-5,8-13H2,1H3,(H,17,18)/b7-6+. The molecule has 0 aromatic carbocycles. The summed E-state index contributed by atoms with van der Waals surface area (Å²) in [4.78, 5) is 20.4. The second-order valence-electron chi connectivity index (χ2n) is 5.10. The van der Waals surface area contributed by atoms with Crippen LogP contribution in [0.25, 0.3) is 0 Å². The first-order valence-corrected chi connectivity index (χ1v) is 7.60. The highest BCUT2D eigenvalue weighted by Gasteiger charge is 2.27. The number of hydrogen-bond acceptors (Lipinski definition) is 3. The van der Waals surface area contributed by atoms with Crippen LogP contribution in [0.2, 0.25) is 0 Å². The zero-order valence-corrected chi connectivity index (χ0v) is 12.4. The van der Waals surface area contributed by atoms with Crippen molar-refractivity contribution in [3.8, 4) is 0 Å². The summed E-state index contributed by atoms with van der Waals surface area (Å²) in [6.07, 6.45) is 14.1. The van der Waals surface area contributed by atoms with Crippen LogP contribution in [-0.2, 0) is 4.79 Å². The van der Waals surface area contributed by atoms with E-state index in [2.05, 4.69) is 19.1 Å². The topological polar surface area (TPSA) is 80.4 Å². The second kappa shape index (κ2) is 12.6. The Kier molecular flexibility index (Phi) is 11.8. The zero-order valence-electron chi connectivity index (χ0n) is 12.4. The van der Waals surface area contributed by atoms with Gasteiger partial charge in [-0.25, -0.2) is 4.79 Å². The number of nitrogens with zero attached hydrogens (tertiary/aromatic N) is 1. The van der Waals surface area contributed by atoms with Gasteiger partial charge in [0.2, 0.25) is 0 Å². The molecule has 0 rings (SSSR count). The Morgan fingerprint density at radius 1 is 1.10 bits per heavy atom. The smallest absolute Gasteiger partial charge is 0.379 e. The third kappa shape index (κ3) is 10.5. The number of carboxylic acids is 1. The molecule has 20 heavy (non-hydrogen) atoms. The van der Waals surface area contributed by atoms with Crippen LogP contribution in [-0.4, -0.2) is 22.0 Å². The SMILES string of the molecule is CCCCC/C=C/CCCCCCC(C(=O)O)[N+](=O)[O-]. The highest BCUT2D eigenvalue weighted by Crippen LogP contribution is 2.10. The van der Waals surface area contributed by atoms with Crippen molar-refractivity contribution in [1.82, 2.24) is 0 Å². The summed E-state index contributed by atoms with van der Waals surface area (Å²) < 4.78 is 0. The van der Waals surface area contributed by atoms with E-state index in [1.54, 1.807) is 0 Å². The van der Waals surface area contributed by atoms with Gasteiger partial charge in [0, 0.05) is 11.3 Å². The van der Waals surface area contributed by atoms with E-state index in [1.165, 1.54) is 19.3 Å². The van der Waals surface area contributed by atoms with Gasteiger partial charge in [-0.15, -0.1) is 0 Å². The first-order valence-electron chi connectivity index (χ1n) is 7.60. The van der Waals surface area contributed by atoms with E-state index in [0.717, 1.165) is 32.1 Å². The van der Waals surface area contributed by atoms with E-state index in [1.807, 2.05) is 0 Å². The molecule has 0 aliphatic rings. The lowest BCUT2D eigenvalue weighted by Crippen LogP contribution is -2.28. The van der Waals surface area contributed by atoms with Crippen LogP contribution in [0, 0.1) is 10.1 Å². The molecule has 0 aromatic heterocycles. The van der Waals surface area contributed by atoms with Crippen LogP contribution < -0.4 is 0 Å². The lowest BCUT2D eigenvalue weighted by molar-refractivity contribution is -0.511. The van der Waals surface area contributed by atoms with Crippen molar-refractivity contribution < 1.29 is 14.8 Å². The Bertz CT molecular complexity index is 288. The summed E-state index contributed by atoms with van der Waals surface area (Å²) in [5, 5.41) is 19.1. The molecule has 0 heterocycles. The normalized spacial score (nSPS) is 12.7. The van der Waals surface area contributed by atoms with Crippen molar-refractivity contribution in [3.05, 3.63) is 22.3 Å². The van der Waals surface area contributed by atoms with E-state index in [0.29, 0.717) is 6.42 Å². The van der Waals surface area contributed by atoms with Crippen molar-refractivity contribution in [2.45, 2.75) is 77.2 Å². The zero-order chi connectivity index (χ0) is 15.2. The molecule has 1 N–H and O–H groups in total. The van der Waals surface area contributed by atoms with E-state index in [4.69, 9.17) is 5.11 Å². The molecule has 0 fully saturated rings. The molecule has 0 aromatic rings. The first kappa shape index (κ1) is 18.6. The Balaban J connectivity index is 3.44. The van der Waals surface area contributed by atoms with Crippen molar-refractivity contribution >= 4 is 5.97 Å². The average molecular weight is 285 g/mol. The minimum atomic E-state index is -1.44. The Labute approximate surface area is 121 Å². The highest BCUT2D eigenvalue weighted by molar-refractivity contribution is 5.71. The summed E-state index contributed by atoms with van der Waals surface area (Å²) in [6.45, 7) is 2.19. The van der Waals surface area contributed by atoms with E-state index in [-0.39, 0.29) is 6.42 Å². The Morgan fingerprint density at radius 3 is 2.15 bits per heavy atom. The van der Waals surface area contributed by atoms with Crippen molar-refractivity contribution in [2.24, 2.45) is 0 Å². The molecule has 0 saturated carbocycles. The third-order valence-electron chi connectivity index (χ3n) is 3.28. The maximum absolute atomic E-state index is 10.6. The van der Waals surface area contributed by atoms with Gasteiger partial charge >= 0.3 is 12.0 Å². The number of hydrogen-bond donors (Lipinski definition) is 1. The number of allylic oxidation sites excluding steroid dienone is 2. The van der Waals surface area contributed by atoms with Crippen molar-refractivity contribution in [3.63, 3.8) is 0 Å². The van der Waals surface area contributed by atoms with Gasteiger partial charge in [-0.2, -0.15) is 0 Å². The summed E-state index contributed by atoms with van der Waals surface area (Å²) in [7, 11) is 0. The monoisotopic (exact) mass is 285 g/mol. The summed E-state index contributed by atoms with van der Waals surface area (Å²) in [6, 6.07) is -1.44. The Hall–Kier alpha value is -1.39. The van der Waals surface area contributed by atoms with E-state index < -0.39 is 16.9 Å². The van der Waals surface area contributed by atoms with Crippen LogP contribution in [0.5, 0.6) is 0 Å². The Morgan fingerprint density at radius 2 is 1.65 bits per heavy atom. The molecular weight excluding hydrogens is 258 g/mol. The van der Waals surface area contributed by atoms with E-state index in [9.17, 15) is 14.9 Å². The average Bonchev–Trinajstić information content (AvgIpc) is 2.39. The van der Waals surface area contributed by atoms with E-state index >= 15 is 0 Å². The largest absolute Gasteiger partial charge is 0.476 e. The number of nitro groups is 1. The van der Waals surface area contributed by atoms with Crippen LogP contribution in [0.1, 0.15) is 71.1 Å². The summed E-state index contributed by atoms with van der Waals surface area (Å²) >= 11 is 0. The maximum Gasteiger partial charge on any atom is 0.379 e. The fourth-order valence-electron chi connectivity index (χ4n) is 2.02. The van der Waals surface area contributed by atoms with Gasteiger partial charge in [0.25, 0.3) is 0 Å². The molecule has 0 aliphatic heterocycles. The van der Waals surface area contributed by atoms with Gasteiger partial charge in [0.05, 0.1) is 0 Å². The molecule has 0 amide bonds. The lowest BCUT2D eigenvalue weighted by atomic mass is 10.1. The van der Waals surface area contributed by atoms with Gasteiger partial charge in [0.1, 0.15) is 0 Å². The predicted octanol–water partition coefficient (Wildman–Crippen LogP) is 4.19.